The van der Waals surface area contributed by atoms with Crippen LogP contribution in [-0.2, 0) is 21.3 Å². The molecule has 0 atom stereocenters. The first-order chi connectivity index (χ1) is 9.55. The number of benzene rings is 1. The fraction of sp³-hybridized carbons (Fsp3) is 0.500. The third-order valence-corrected chi connectivity index (χ3v) is 3.25. The second-order valence-electron chi connectivity index (χ2n) is 5.69. The molecule has 0 radical (unpaired) electrons. The van der Waals surface area contributed by atoms with Gasteiger partial charge >= 0.3 is 6.09 Å². The van der Waals surface area contributed by atoms with Crippen molar-refractivity contribution in [1.29, 1.82) is 0 Å². The van der Waals surface area contributed by atoms with Crippen LogP contribution >= 0.6 is 0 Å². The summed E-state index contributed by atoms with van der Waals surface area (Å²) in [6.07, 6.45) is 0.242. The Bertz CT molecular complexity index is 572. The minimum atomic E-state index is -4.16. The van der Waals surface area contributed by atoms with E-state index in [1.807, 2.05) is 0 Å². The molecule has 1 aromatic carbocycles. The zero-order valence-electron chi connectivity index (χ0n) is 12.4. The summed E-state index contributed by atoms with van der Waals surface area (Å²) in [4.78, 5) is 11.6. The van der Waals surface area contributed by atoms with Crippen molar-refractivity contribution < 1.29 is 22.5 Å². The molecule has 1 N–H and O–H groups in total. The summed E-state index contributed by atoms with van der Waals surface area (Å²) >= 11 is 0. The van der Waals surface area contributed by atoms with Crippen LogP contribution in [0.1, 0.15) is 32.8 Å². The van der Waals surface area contributed by atoms with Crippen LogP contribution in [0.4, 0.5) is 10.5 Å². The van der Waals surface area contributed by atoms with Gasteiger partial charge < -0.3 is 9.29 Å². The van der Waals surface area contributed by atoms with Gasteiger partial charge in [-0.15, -0.1) is 0 Å². The van der Waals surface area contributed by atoms with Crippen molar-refractivity contribution >= 4 is 21.9 Å². The first kappa shape index (κ1) is 17.5. The molecule has 0 saturated carbocycles. The number of rotatable bonds is 5. The van der Waals surface area contributed by atoms with Crippen molar-refractivity contribution in [1.82, 2.24) is 0 Å². The van der Waals surface area contributed by atoms with E-state index in [1.165, 1.54) is 0 Å². The number of carbonyl (C=O) groups excluding carboxylic acids is 1. The predicted octanol–water partition coefficient (Wildman–Crippen LogP) is 2.51. The fourth-order valence-corrected chi connectivity index (χ4v) is 2.13. The van der Waals surface area contributed by atoms with Gasteiger partial charge in [0.1, 0.15) is 5.60 Å². The molecule has 0 bridgehead atoms. The number of hydrogen-bond donors (Lipinski definition) is 1. The molecule has 0 saturated heterocycles. The van der Waals surface area contributed by atoms with Gasteiger partial charge in [0.2, 0.25) is 0 Å². The van der Waals surface area contributed by atoms with E-state index >= 15 is 0 Å². The van der Waals surface area contributed by atoms with Gasteiger partial charge in [-0.25, -0.2) is 13.2 Å². The summed E-state index contributed by atoms with van der Waals surface area (Å²) in [7, 11) is -4.16. The van der Waals surface area contributed by atoms with E-state index in [2.05, 4.69) is 5.32 Å². The minimum absolute atomic E-state index is 0.282. The molecule has 0 aliphatic heterocycles. The second kappa shape index (κ2) is 6.91. The van der Waals surface area contributed by atoms with E-state index in [0.29, 0.717) is 12.1 Å². The van der Waals surface area contributed by atoms with Crippen molar-refractivity contribution in [3.05, 3.63) is 29.8 Å². The zero-order chi connectivity index (χ0) is 16.1. The van der Waals surface area contributed by atoms with Crippen LogP contribution in [0.15, 0.2) is 24.3 Å². The Kier molecular flexibility index (Phi) is 5.74. The molecular formula is C14H20NO5S-. The summed E-state index contributed by atoms with van der Waals surface area (Å²) in [6, 6.07) is 6.93. The zero-order valence-corrected chi connectivity index (χ0v) is 13.2. The third-order valence-electron chi connectivity index (χ3n) is 2.46. The number of carbonyl (C=O) groups is 1. The van der Waals surface area contributed by atoms with E-state index in [4.69, 9.17) is 4.74 Å². The molecule has 6 nitrogen and oxygen atoms in total. The van der Waals surface area contributed by atoms with Crippen LogP contribution in [0.3, 0.4) is 0 Å². The van der Waals surface area contributed by atoms with E-state index in [-0.39, 0.29) is 12.2 Å². The lowest BCUT2D eigenvalue weighted by Gasteiger charge is -2.19. The molecule has 0 aromatic heterocycles. The second-order valence-corrected chi connectivity index (χ2v) is 7.21. The number of hydrogen-bond acceptors (Lipinski definition) is 5. The smallest absolute Gasteiger partial charge is 0.412 e. The van der Waals surface area contributed by atoms with Crippen LogP contribution in [0.5, 0.6) is 0 Å². The number of aryl methyl sites for hydroxylation is 1. The maximum atomic E-state index is 11.6. The quantitative estimate of drug-likeness (QED) is 0.842. The normalized spacial score (nSPS) is 12.0. The highest BCUT2D eigenvalue weighted by atomic mass is 32.2. The Hall–Kier alpha value is -1.60. The molecule has 7 heteroatoms. The third kappa shape index (κ3) is 8.31. The van der Waals surface area contributed by atoms with E-state index in [9.17, 15) is 17.8 Å². The van der Waals surface area contributed by atoms with Crippen molar-refractivity contribution in [3.8, 4) is 0 Å². The first-order valence-electron chi connectivity index (χ1n) is 6.58. The van der Waals surface area contributed by atoms with Crippen molar-refractivity contribution in [2.24, 2.45) is 0 Å². The largest absolute Gasteiger partial charge is 0.748 e. The molecular weight excluding hydrogens is 294 g/mol. The lowest BCUT2D eigenvalue weighted by Crippen LogP contribution is -2.27. The van der Waals surface area contributed by atoms with Gasteiger partial charge in [0.25, 0.3) is 0 Å². The summed E-state index contributed by atoms with van der Waals surface area (Å²) in [5.41, 5.74) is 0.922. The van der Waals surface area contributed by atoms with Crippen molar-refractivity contribution in [3.63, 3.8) is 0 Å². The molecule has 0 unspecified atom stereocenters. The molecule has 1 aromatic rings. The molecule has 0 heterocycles. The van der Waals surface area contributed by atoms with Crippen LogP contribution in [0, 0.1) is 0 Å². The summed E-state index contributed by atoms with van der Waals surface area (Å²) in [6.45, 7) is 5.33. The molecule has 1 amide bonds. The van der Waals surface area contributed by atoms with Gasteiger partial charge in [-0.3, -0.25) is 5.32 Å². The van der Waals surface area contributed by atoms with Crippen LogP contribution < -0.4 is 5.32 Å². The number of amides is 1. The molecule has 0 aliphatic carbocycles. The molecule has 21 heavy (non-hydrogen) atoms. The Morgan fingerprint density at radius 1 is 1.24 bits per heavy atom. The fourth-order valence-electron chi connectivity index (χ4n) is 1.63. The van der Waals surface area contributed by atoms with Gasteiger partial charge in [-0.2, -0.15) is 0 Å². The number of anilines is 1. The van der Waals surface area contributed by atoms with Gasteiger partial charge in [0.05, 0.1) is 10.1 Å². The van der Waals surface area contributed by atoms with E-state index in [0.717, 1.165) is 5.56 Å². The monoisotopic (exact) mass is 314 g/mol. The van der Waals surface area contributed by atoms with Crippen molar-refractivity contribution in [2.75, 3.05) is 11.1 Å². The Balaban J connectivity index is 2.49. The van der Waals surface area contributed by atoms with Gasteiger partial charge in [-0.1, -0.05) is 12.1 Å². The van der Waals surface area contributed by atoms with Gasteiger partial charge in [-0.05, 0) is 51.3 Å². The molecule has 1 rings (SSSR count). The van der Waals surface area contributed by atoms with Gasteiger partial charge in [0, 0.05) is 11.4 Å². The highest BCUT2D eigenvalue weighted by molar-refractivity contribution is 7.85. The molecule has 0 fully saturated rings. The van der Waals surface area contributed by atoms with E-state index < -0.39 is 21.8 Å². The summed E-state index contributed by atoms with van der Waals surface area (Å²) in [5, 5.41) is 2.60. The minimum Gasteiger partial charge on any atom is -0.748 e. The first-order valence-corrected chi connectivity index (χ1v) is 8.15. The topological polar surface area (TPSA) is 95.5 Å². The Labute approximate surface area is 125 Å². The van der Waals surface area contributed by atoms with Crippen LogP contribution in [0.2, 0.25) is 0 Å². The highest BCUT2D eigenvalue weighted by Gasteiger charge is 2.15. The van der Waals surface area contributed by atoms with Crippen LogP contribution in [0.25, 0.3) is 0 Å². The standard InChI is InChI=1S/C14H21NO5S/c1-14(2,3)20-13(16)15-12-8-6-11(7-9-12)5-4-10-21(17,18)19/h6-9H,4-5,10H2,1-3H3,(H,15,16)(H,17,18,19)/p-1. The Morgan fingerprint density at radius 3 is 2.29 bits per heavy atom. The highest BCUT2D eigenvalue weighted by Crippen LogP contribution is 2.14. The maximum absolute atomic E-state index is 11.6. The van der Waals surface area contributed by atoms with Gasteiger partial charge in [0.15, 0.2) is 0 Å². The van der Waals surface area contributed by atoms with Crippen molar-refractivity contribution in [2.45, 2.75) is 39.2 Å². The SMILES string of the molecule is CC(C)(C)OC(=O)Nc1ccc(CCCS(=O)(=O)[O-])cc1. The predicted molar refractivity (Wildman–Crippen MR) is 79.2 cm³/mol. The Morgan fingerprint density at radius 2 is 1.81 bits per heavy atom. The average Bonchev–Trinajstić information content (AvgIpc) is 2.27. The maximum Gasteiger partial charge on any atom is 0.412 e. The molecule has 0 aliphatic rings. The number of nitrogens with one attached hydrogen (secondary N) is 1. The molecule has 118 valence electrons. The lowest BCUT2D eigenvalue weighted by atomic mass is 10.1. The summed E-state index contributed by atoms with van der Waals surface area (Å²) in [5.74, 6) is -0.370. The van der Waals surface area contributed by atoms with Crippen LogP contribution in [-0.4, -0.2) is 30.4 Å². The summed E-state index contributed by atoms with van der Waals surface area (Å²) < 4.78 is 36.6. The average molecular weight is 314 g/mol. The van der Waals surface area contributed by atoms with E-state index in [1.54, 1.807) is 45.0 Å². The molecule has 0 spiro atoms. The number of ether oxygens (including phenoxy) is 1. The lowest BCUT2D eigenvalue weighted by molar-refractivity contribution is 0.0636.